The SMILES string of the molecule is CC(OC(=O)CCCNC(=O)C1CC1)c1nc2ncc(Br)cc2[nH]1. The van der Waals surface area contributed by atoms with Crippen molar-refractivity contribution in [1.82, 2.24) is 20.3 Å². The second-order valence-corrected chi connectivity index (χ2v) is 6.86. The van der Waals surface area contributed by atoms with Gasteiger partial charge < -0.3 is 15.0 Å². The van der Waals surface area contributed by atoms with Crippen molar-refractivity contribution in [2.75, 3.05) is 6.54 Å². The van der Waals surface area contributed by atoms with Gasteiger partial charge in [0, 0.05) is 29.6 Å². The van der Waals surface area contributed by atoms with Gasteiger partial charge in [-0.3, -0.25) is 9.59 Å². The van der Waals surface area contributed by atoms with Crippen molar-refractivity contribution in [1.29, 1.82) is 0 Å². The number of ether oxygens (including phenoxy) is 1. The van der Waals surface area contributed by atoms with Crippen LogP contribution in [-0.4, -0.2) is 33.4 Å². The summed E-state index contributed by atoms with van der Waals surface area (Å²) in [6.07, 6.45) is 3.98. The van der Waals surface area contributed by atoms with E-state index in [-0.39, 0.29) is 24.2 Å². The number of amides is 1. The van der Waals surface area contributed by atoms with Crippen LogP contribution in [0.4, 0.5) is 0 Å². The van der Waals surface area contributed by atoms with E-state index in [2.05, 4.69) is 36.2 Å². The minimum Gasteiger partial charge on any atom is -0.454 e. The fraction of sp³-hybridized carbons (Fsp3) is 0.500. The second-order valence-electron chi connectivity index (χ2n) is 5.95. The molecule has 2 heterocycles. The van der Waals surface area contributed by atoms with E-state index in [4.69, 9.17) is 4.74 Å². The maximum absolute atomic E-state index is 11.9. The van der Waals surface area contributed by atoms with Gasteiger partial charge in [0.05, 0.1) is 5.52 Å². The van der Waals surface area contributed by atoms with E-state index in [9.17, 15) is 9.59 Å². The van der Waals surface area contributed by atoms with Gasteiger partial charge in [0.25, 0.3) is 0 Å². The molecule has 1 amide bonds. The topological polar surface area (TPSA) is 97.0 Å². The van der Waals surface area contributed by atoms with Gasteiger partial charge in [-0.1, -0.05) is 0 Å². The average molecular weight is 395 g/mol. The van der Waals surface area contributed by atoms with E-state index in [1.54, 1.807) is 13.1 Å². The van der Waals surface area contributed by atoms with Crippen LogP contribution >= 0.6 is 15.9 Å². The summed E-state index contributed by atoms with van der Waals surface area (Å²) in [5, 5.41) is 2.83. The first-order valence-corrected chi connectivity index (χ1v) is 8.80. The van der Waals surface area contributed by atoms with Crippen LogP contribution in [0.5, 0.6) is 0 Å². The largest absolute Gasteiger partial charge is 0.454 e. The Kier molecular flexibility index (Phi) is 5.13. The summed E-state index contributed by atoms with van der Waals surface area (Å²) >= 11 is 3.35. The van der Waals surface area contributed by atoms with E-state index in [1.165, 1.54) is 0 Å². The van der Waals surface area contributed by atoms with Gasteiger partial charge in [-0.2, -0.15) is 0 Å². The summed E-state index contributed by atoms with van der Waals surface area (Å²) in [6, 6.07) is 1.87. The third-order valence-corrected chi connectivity index (χ3v) is 4.25. The molecule has 0 aromatic carbocycles. The quantitative estimate of drug-likeness (QED) is 0.555. The molecule has 2 N–H and O–H groups in total. The smallest absolute Gasteiger partial charge is 0.306 e. The highest BCUT2D eigenvalue weighted by Gasteiger charge is 2.29. The predicted molar refractivity (Wildman–Crippen MR) is 91.1 cm³/mol. The standard InChI is InChI=1S/C16H19BrN4O3/c1-9(14-20-12-7-11(17)8-19-15(12)21-14)24-13(22)3-2-6-18-16(23)10-4-5-10/h7-10H,2-6H2,1H3,(H,18,23)(H,19,20,21). The molecule has 0 spiro atoms. The first-order valence-electron chi connectivity index (χ1n) is 8.01. The van der Waals surface area contributed by atoms with Gasteiger partial charge in [-0.25, -0.2) is 9.97 Å². The minimum absolute atomic E-state index is 0.0951. The molecule has 0 bridgehead atoms. The number of H-pyrrole nitrogens is 1. The molecule has 1 atom stereocenters. The van der Waals surface area contributed by atoms with Crippen molar-refractivity contribution in [3.05, 3.63) is 22.6 Å². The van der Waals surface area contributed by atoms with E-state index in [1.807, 2.05) is 6.07 Å². The van der Waals surface area contributed by atoms with E-state index >= 15 is 0 Å². The molecular formula is C16H19BrN4O3. The summed E-state index contributed by atoms with van der Waals surface area (Å²) in [6.45, 7) is 2.26. The Balaban J connectivity index is 1.45. The lowest BCUT2D eigenvalue weighted by molar-refractivity contribution is -0.149. The Labute approximate surface area is 147 Å². The highest BCUT2D eigenvalue weighted by Crippen LogP contribution is 2.28. The molecule has 24 heavy (non-hydrogen) atoms. The van der Waals surface area contributed by atoms with Gasteiger partial charge in [-0.15, -0.1) is 0 Å². The lowest BCUT2D eigenvalue weighted by Gasteiger charge is -2.10. The summed E-state index contributed by atoms with van der Waals surface area (Å²) in [4.78, 5) is 35.0. The van der Waals surface area contributed by atoms with Crippen LogP contribution < -0.4 is 5.32 Å². The number of esters is 1. The molecule has 3 rings (SSSR count). The van der Waals surface area contributed by atoms with Crippen molar-refractivity contribution in [3.63, 3.8) is 0 Å². The molecule has 1 fully saturated rings. The monoisotopic (exact) mass is 394 g/mol. The van der Waals surface area contributed by atoms with Crippen molar-refractivity contribution < 1.29 is 14.3 Å². The van der Waals surface area contributed by atoms with Crippen LogP contribution in [0.15, 0.2) is 16.7 Å². The fourth-order valence-corrected chi connectivity index (χ4v) is 2.66. The Morgan fingerprint density at radius 3 is 3.04 bits per heavy atom. The van der Waals surface area contributed by atoms with E-state index in [0.717, 1.165) is 22.8 Å². The molecule has 1 aliphatic carbocycles. The molecular weight excluding hydrogens is 376 g/mol. The lowest BCUT2D eigenvalue weighted by Crippen LogP contribution is -2.26. The Morgan fingerprint density at radius 1 is 1.50 bits per heavy atom. The first-order chi connectivity index (χ1) is 11.5. The molecule has 2 aromatic rings. The highest BCUT2D eigenvalue weighted by atomic mass is 79.9. The molecule has 0 radical (unpaired) electrons. The van der Waals surface area contributed by atoms with Gasteiger partial charge in [0.15, 0.2) is 11.8 Å². The maximum Gasteiger partial charge on any atom is 0.306 e. The number of hydrogen-bond acceptors (Lipinski definition) is 5. The van der Waals surface area contributed by atoms with Gasteiger partial charge >= 0.3 is 5.97 Å². The number of carbonyl (C=O) groups is 2. The Hall–Kier alpha value is -1.96. The summed E-state index contributed by atoms with van der Waals surface area (Å²) in [5.74, 6) is 0.542. The molecule has 128 valence electrons. The second kappa shape index (κ2) is 7.29. The molecule has 1 aliphatic rings. The fourth-order valence-electron chi connectivity index (χ4n) is 2.33. The van der Waals surface area contributed by atoms with Crippen molar-refractivity contribution in [3.8, 4) is 0 Å². The van der Waals surface area contributed by atoms with E-state index in [0.29, 0.717) is 24.4 Å². The number of aromatic nitrogens is 3. The number of nitrogens with one attached hydrogen (secondary N) is 2. The number of fused-ring (bicyclic) bond motifs is 1. The zero-order chi connectivity index (χ0) is 17.1. The molecule has 1 saturated carbocycles. The molecule has 0 saturated heterocycles. The van der Waals surface area contributed by atoms with Crippen LogP contribution in [-0.2, 0) is 14.3 Å². The first kappa shape index (κ1) is 16.9. The number of rotatable bonds is 7. The number of pyridine rings is 1. The lowest BCUT2D eigenvalue weighted by atomic mass is 10.3. The van der Waals surface area contributed by atoms with Crippen LogP contribution in [0.2, 0.25) is 0 Å². The number of halogens is 1. The molecule has 7 nitrogen and oxygen atoms in total. The minimum atomic E-state index is -0.480. The average Bonchev–Trinajstić information content (AvgIpc) is 3.31. The van der Waals surface area contributed by atoms with Gasteiger partial charge in [0.2, 0.25) is 5.91 Å². The van der Waals surface area contributed by atoms with Crippen molar-refractivity contribution in [2.24, 2.45) is 5.92 Å². The normalized spacial score (nSPS) is 15.2. The molecule has 8 heteroatoms. The number of aromatic amines is 1. The third kappa shape index (κ3) is 4.31. The third-order valence-electron chi connectivity index (χ3n) is 3.82. The van der Waals surface area contributed by atoms with Crippen LogP contribution in [0.25, 0.3) is 11.2 Å². The highest BCUT2D eigenvalue weighted by molar-refractivity contribution is 9.10. The van der Waals surface area contributed by atoms with Gasteiger partial charge in [-0.05, 0) is 48.2 Å². The zero-order valence-electron chi connectivity index (χ0n) is 13.3. The van der Waals surface area contributed by atoms with Gasteiger partial charge in [0.1, 0.15) is 5.82 Å². The molecule has 0 aliphatic heterocycles. The summed E-state index contributed by atoms with van der Waals surface area (Å²) in [7, 11) is 0. The summed E-state index contributed by atoms with van der Waals surface area (Å²) in [5.41, 5.74) is 1.36. The predicted octanol–water partition coefficient (Wildman–Crippen LogP) is 2.63. The number of hydrogen-bond donors (Lipinski definition) is 2. The van der Waals surface area contributed by atoms with Crippen molar-refractivity contribution in [2.45, 2.75) is 38.7 Å². The molecule has 1 unspecified atom stereocenters. The Bertz CT molecular complexity index is 757. The maximum atomic E-state index is 11.9. The van der Waals surface area contributed by atoms with Crippen molar-refractivity contribution >= 4 is 39.0 Å². The molecule has 2 aromatic heterocycles. The van der Waals surface area contributed by atoms with Crippen LogP contribution in [0.3, 0.4) is 0 Å². The van der Waals surface area contributed by atoms with Crippen LogP contribution in [0.1, 0.15) is 44.5 Å². The Morgan fingerprint density at radius 2 is 2.29 bits per heavy atom. The zero-order valence-corrected chi connectivity index (χ0v) is 14.9. The number of nitrogens with zero attached hydrogens (tertiary/aromatic N) is 2. The van der Waals surface area contributed by atoms with Crippen LogP contribution in [0, 0.1) is 5.92 Å². The number of carbonyl (C=O) groups excluding carboxylic acids is 2. The summed E-state index contributed by atoms with van der Waals surface area (Å²) < 4.78 is 6.23. The van der Waals surface area contributed by atoms with E-state index < -0.39 is 6.10 Å². The number of imidazole rings is 1.